The molecule has 0 unspecified atom stereocenters. The minimum atomic E-state index is 0.0865. The summed E-state index contributed by atoms with van der Waals surface area (Å²) >= 11 is 0. The molecule has 33 heavy (non-hydrogen) atoms. The molecule has 1 atom stereocenters. The molecule has 8 nitrogen and oxygen atoms in total. The normalized spacial score (nSPS) is 18.2. The lowest BCUT2D eigenvalue weighted by Gasteiger charge is -2.20. The number of carbonyl (C=O) groups is 1. The van der Waals surface area contributed by atoms with Crippen LogP contribution < -0.4 is 5.32 Å². The van der Waals surface area contributed by atoms with Crippen molar-refractivity contribution in [3.8, 4) is 11.4 Å². The van der Waals surface area contributed by atoms with Crippen LogP contribution in [0, 0.1) is 0 Å². The third kappa shape index (κ3) is 4.48. The van der Waals surface area contributed by atoms with Gasteiger partial charge in [-0.15, -0.1) is 0 Å². The van der Waals surface area contributed by atoms with Crippen LogP contribution in [-0.4, -0.2) is 68.5 Å². The molecule has 1 saturated heterocycles. The van der Waals surface area contributed by atoms with Crippen LogP contribution in [0.4, 0.5) is 11.6 Å². The molecule has 0 spiro atoms. The third-order valence-corrected chi connectivity index (χ3v) is 6.63. The molecular weight excluding hydrogens is 414 g/mol. The molecule has 1 amide bonds. The molecular formula is C25H31N7O. The fourth-order valence-electron chi connectivity index (χ4n) is 4.51. The Bertz CT molecular complexity index is 1130. The summed E-state index contributed by atoms with van der Waals surface area (Å²) in [6.45, 7) is 4.60. The summed E-state index contributed by atoms with van der Waals surface area (Å²) < 4.78 is 2.25. The van der Waals surface area contributed by atoms with Crippen LogP contribution in [0.15, 0.2) is 42.7 Å². The molecule has 172 valence electrons. The van der Waals surface area contributed by atoms with Gasteiger partial charge in [-0.3, -0.25) is 4.79 Å². The van der Waals surface area contributed by atoms with Crippen LogP contribution in [0.25, 0.3) is 11.4 Å². The summed E-state index contributed by atoms with van der Waals surface area (Å²) in [5, 5.41) is 3.27. The van der Waals surface area contributed by atoms with Crippen molar-refractivity contribution < 1.29 is 4.79 Å². The summed E-state index contributed by atoms with van der Waals surface area (Å²) in [5.41, 5.74) is 3.42. The van der Waals surface area contributed by atoms with E-state index in [1.165, 1.54) is 12.8 Å². The first kappa shape index (κ1) is 21.6. The van der Waals surface area contributed by atoms with Gasteiger partial charge in [-0.05, 0) is 70.6 Å². The number of carbonyl (C=O) groups excluding carboxylic acids is 1. The van der Waals surface area contributed by atoms with Crippen molar-refractivity contribution in [1.29, 1.82) is 0 Å². The van der Waals surface area contributed by atoms with Crippen LogP contribution in [-0.2, 0) is 6.54 Å². The number of likely N-dealkylation sites (N-methyl/N-ethyl adjacent to an activating group) is 1. The largest absolute Gasteiger partial charge is 0.337 e. The second kappa shape index (κ2) is 8.94. The van der Waals surface area contributed by atoms with Crippen molar-refractivity contribution in [3.05, 3.63) is 54.1 Å². The Hall–Kier alpha value is -3.26. The van der Waals surface area contributed by atoms with Crippen LogP contribution >= 0.6 is 0 Å². The average molecular weight is 446 g/mol. The van der Waals surface area contributed by atoms with Gasteiger partial charge >= 0.3 is 0 Å². The van der Waals surface area contributed by atoms with E-state index in [0.29, 0.717) is 23.5 Å². The zero-order chi connectivity index (χ0) is 22.9. The molecule has 3 heterocycles. The smallest absolute Gasteiger partial charge is 0.253 e. The van der Waals surface area contributed by atoms with E-state index >= 15 is 0 Å². The van der Waals surface area contributed by atoms with Gasteiger partial charge in [0.25, 0.3) is 5.91 Å². The van der Waals surface area contributed by atoms with Crippen molar-refractivity contribution in [2.75, 3.05) is 32.5 Å². The number of nitrogens with one attached hydrogen (secondary N) is 1. The fraction of sp³-hybridized carbons (Fsp3) is 0.440. The number of benzene rings is 1. The van der Waals surface area contributed by atoms with E-state index < -0.39 is 0 Å². The third-order valence-electron chi connectivity index (χ3n) is 6.63. The predicted octanol–water partition coefficient (Wildman–Crippen LogP) is 3.76. The van der Waals surface area contributed by atoms with E-state index in [1.807, 2.05) is 41.4 Å². The zero-order valence-electron chi connectivity index (χ0n) is 19.5. The van der Waals surface area contributed by atoms with E-state index in [4.69, 9.17) is 4.98 Å². The topological polar surface area (TPSA) is 79.2 Å². The van der Waals surface area contributed by atoms with Crippen molar-refractivity contribution in [1.82, 2.24) is 29.3 Å². The highest BCUT2D eigenvalue weighted by Gasteiger charge is 2.29. The maximum absolute atomic E-state index is 12.9. The van der Waals surface area contributed by atoms with Gasteiger partial charge in [0.15, 0.2) is 0 Å². The van der Waals surface area contributed by atoms with E-state index in [2.05, 4.69) is 45.8 Å². The van der Waals surface area contributed by atoms with Crippen LogP contribution in [0.1, 0.15) is 48.3 Å². The second-order valence-electron chi connectivity index (χ2n) is 9.15. The lowest BCUT2D eigenvalue weighted by atomic mass is 10.2. The molecule has 1 saturated carbocycles. The van der Waals surface area contributed by atoms with Gasteiger partial charge in [0, 0.05) is 49.0 Å². The van der Waals surface area contributed by atoms with Gasteiger partial charge in [0.05, 0.1) is 17.6 Å². The Morgan fingerprint density at radius 3 is 2.58 bits per heavy atom. The van der Waals surface area contributed by atoms with E-state index in [-0.39, 0.29) is 5.91 Å². The van der Waals surface area contributed by atoms with Crippen molar-refractivity contribution in [2.45, 2.75) is 44.7 Å². The minimum absolute atomic E-state index is 0.0865. The maximum Gasteiger partial charge on any atom is 0.253 e. The zero-order valence-corrected chi connectivity index (χ0v) is 19.5. The Balaban J connectivity index is 1.28. The molecule has 8 heteroatoms. The molecule has 3 aromatic rings. The summed E-state index contributed by atoms with van der Waals surface area (Å²) in [6.07, 6.45) is 7.15. The number of nitrogens with zero attached hydrogens (tertiary/aromatic N) is 6. The Kier molecular flexibility index (Phi) is 5.85. The predicted molar refractivity (Wildman–Crippen MR) is 129 cm³/mol. The molecule has 2 aliphatic rings. The molecule has 0 radical (unpaired) electrons. The summed E-state index contributed by atoms with van der Waals surface area (Å²) in [7, 11) is 4.14. The number of amides is 1. The van der Waals surface area contributed by atoms with Crippen LogP contribution in [0.5, 0.6) is 0 Å². The quantitative estimate of drug-likeness (QED) is 0.597. The molecule has 5 rings (SSSR count). The van der Waals surface area contributed by atoms with E-state index in [1.54, 1.807) is 6.20 Å². The first-order chi connectivity index (χ1) is 16.0. The SMILES string of the molecule is CCn1c(-c2ccnc(Nc3ccc(C(=O)N4CC[C@H](N(C)C)C4)cc3)n2)cnc1C1CC1. The van der Waals surface area contributed by atoms with E-state index in [9.17, 15) is 4.79 Å². The van der Waals surface area contributed by atoms with Gasteiger partial charge in [0.1, 0.15) is 5.82 Å². The average Bonchev–Trinajstić information content (AvgIpc) is 3.38. The van der Waals surface area contributed by atoms with E-state index in [0.717, 1.165) is 49.0 Å². The lowest BCUT2D eigenvalue weighted by molar-refractivity contribution is 0.0783. The number of aromatic nitrogens is 4. The molecule has 1 N–H and O–H groups in total. The van der Waals surface area contributed by atoms with Gasteiger partial charge in [-0.25, -0.2) is 15.0 Å². The summed E-state index contributed by atoms with van der Waals surface area (Å²) in [4.78, 5) is 30.7. The first-order valence-corrected chi connectivity index (χ1v) is 11.7. The molecule has 1 aromatic carbocycles. The number of imidazole rings is 1. The molecule has 2 aromatic heterocycles. The standard InChI is InChI=1S/C25H31N7O/c1-4-32-22(15-27-23(32)17-5-6-17)21-11-13-26-25(29-21)28-19-9-7-18(8-10-19)24(33)31-14-12-20(16-31)30(2)3/h7-11,13,15,17,20H,4-6,12,14,16H2,1-3H3,(H,26,28,29)/t20-/m0/s1. The lowest BCUT2D eigenvalue weighted by Crippen LogP contribution is -2.34. The molecule has 2 fully saturated rings. The van der Waals surface area contributed by atoms with Gasteiger partial charge in [0.2, 0.25) is 5.95 Å². The van der Waals surface area contributed by atoms with Crippen molar-refractivity contribution in [2.24, 2.45) is 0 Å². The molecule has 1 aliphatic carbocycles. The number of anilines is 2. The number of likely N-dealkylation sites (tertiary alicyclic amines) is 1. The van der Waals surface area contributed by atoms with Gasteiger partial charge < -0.3 is 19.7 Å². The Morgan fingerprint density at radius 1 is 1.12 bits per heavy atom. The Morgan fingerprint density at radius 2 is 1.91 bits per heavy atom. The van der Waals surface area contributed by atoms with Crippen LogP contribution in [0.2, 0.25) is 0 Å². The highest BCUT2D eigenvalue weighted by Crippen LogP contribution is 2.40. The monoisotopic (exact) mass is 445 g/mol. The molecule has 1 aliphatic heterocycles. The Labute approximate surface area is 194 Å². The number of hydrogen-bond acceptors (Lipinski definition) is 6. The highest BCUT2D eigenvalue weighted by atomic mass is 16.2. The minimum Gasteiger partial charge on any atom is -0.337 e. The highest BCUT2D eigenvalue weighted by molar-refractivity contribution is 5.94. The fourth-order valence-corrected chi connectivity index (χ4v) is 4.51. The van der Waals surface area contributed by atoms with Crippen molar-refractivity contribution >= 4 is 17.5 Å². The number of hydrogen-bond donors (Lipinski definition) is 1. The first-order valence-electron chi connectivity index (χ1n) is 11.7. The second-order valence-corrected chi connectivity index (χ2v) is 9.15. The summed E-state index contributed by atoms with van der Waals surface area (Å²) in [6, 6.07) is 9.90. The van der Waals surface area contributed by atoms with Crippen molar-refractivity contribution in [3.63, 3.8) is 0 Å². The number of rotatable bonds is 7. The summed E-state index contributed by atoms with van der Waals surface area (Å²) in [5.74, 6) is 2.37. The van der Waals surface area contributed by atoms with Gasteiger partial charge in [-0.2, -0.15) is 0 Å². The van der Waals surface area contributed by atoms with Gasteiger partial charge in [-0.1, -0.05) is 0 Å². The molecule has 0 bridgehead atoms. The maximum atomic E-state index is 12.9. The van der Waals surface area contributed by atoms with Crippen LogP contribution in [0.3, 0.4) is 0 Å².